The lowest BCUT2D eigenvalue weighted by atomic mass is 10.2. The molecule has 1 aromatic heterocycles. The zero-order valence-corrected chi connectivity index (χ0v) is 13.1. The topological polar surface area (TPSA) is 48.3 Å². The zero-order valence-electron chi connectivity index (χ0n) is 12.3. The Morgan fingerprint density at radius 1 is 1.24 bits per heavy atom. The molecule has 21 heavy (non-hydrogen) atoms. The summed E-state index contributed by atoms with van der Waals surface area (Å²) in [5, 5.41) is 7.62. The number of aromatic nitrogens is 2. The molecule has 6 heteroatoms. The van der Waals surface area contributed by atoms with Gasteiger partial charge in [0.05, 0.1) is 6.20 Å². The van der Waals surface area contributed by atoms with Crippen molar-refractivity contribution in [1.82, 2.24) is 15.1 Å². The Balaban J connectivity index is 1.69. The van der Waals surface area contributed by atoms with Crippen LogP contribution < -0.4 is 14.8 Å². The van der Waals surface area contributed by atoms with Crippen molar-refractivity contribution in [2.75, 3.05) is 19.5 Å². The fourth-order valence-electron chi connectivity index (χ4n) is 2.35. The molecule has 0 radical (unpaired) electrons. The van der Waals surface area contributed by atoms with E-state index in [1.807, 2.05) is 24.1 Å². The summed E-state index contributed by atoms with van der Waals surface area (Å²) in [6.45, 7) is 2.84. The summed E-state index contributed by atoms with van der Waals surface area (Å²) >= 11 is 1.73. The van der Waals surface area contributed by atoms with E-state index in [1.54, 1.807) is 11.8 Å². The summed E-state index contributed by atoms with van der Waals surface area (Å²) in [7, 11) is 1.93. The first-order valence-electron chi connectivity index (χ1n) is 6.91. The van der Waals surface area contributed by atoms with Crippen molar-refractivity contribution in [2.45, 2.75) is 18.0 Å². The van der Waals surface area contributed by atoms with Gasteiger partial charge in [0, 0.05) is 36.8 Å². The number of benzene rings is 1. The molecule has 0 amide bonds. The number of rotatable bonds is 5. The van der Waals surface area contributed by atoms with Crippen LogP contribution in [0.2, 0.25) is 0 Å². The Morgan fingerprint density at radius 2 is 2.00 bits per heavy atom. The third-order valence-corrected chi connectivity index (χ3v) is 4.17. The largest absolute Gasteiger partial charge is 0.486 e. The Hall–Kier alpha value is -1.66. The number of hydrogen-bond donors (Lipinski definition) is 1. The van der Waals surface area contributed by atoms with Crippen LogP contribution in [0, 0.1) is 0 Å². The van der Waals surface area contributed by atoms with Gasteiger partial charge in [-0.05, 0) is 24.0 Å². The van der Waals surface area contributed by atoms with Gasteiger partial charge >= 0.3 is 0 Å². The molecule has 0 atom stereocenters. The number of fused-ring (bicyclic) bond motifs is 1. The van der Waals surface area contributed by atoms with Crippen LogP contribution in [0.4, 0.5) is 0 Å². The van der Waals surface area contributed by atoms with Gasteiger partial charge < -0.3 is 14.8 Å². The summed E-state index contributed by atoms with van der Waals surface area (Å²) < 4.78 is 13.1. The second kappa shape index (κ2) is 6.41. The highest BCUT2D eigenvalue weighted by Crippen LogP contribution is 2.36. The Morgan fingerprint density at radius 3 is 2.67 bits per heavy atom. The normalized spacial score (nSPS) is 13.4. The molecule has 1 aliphatic heterocycles. The number of hydrogen-bond acceptors (Lipinski definition) is 5. The van der Waals surface area contributed by atoms with Crippen molar-refractivity contribution in [2.24, 2.45) is 7.05 Å². The first-order chi connectivity index (χ1) is 10.3. The summed E-state index contributed by atoms with van der Waals surface area (Å²) in [5.41, 5.74) is 2.41. The Labute approximate surface area is 128 Å². The molecule has 5 nitrogen and oxygen atoms in total. The number of nitrogens with zero attached hydrogens (tertiary/aromatic N) is 2. The lowest BCUT2D eigenvalue weighted by Gasteiger charge is -2.20. The van der Waals surface area contributed by atoms with Gasteiger partial charge in [-0.3, -0.25) is 4.68 Å². The van der Waals surface area contributed by atoms with E-state index in [-0.39, 0.29) is 0 Å². The van der Waals surface area contributed by atoms with Gasteiger partial charge in [0.25, 0.3) is 0 Å². The van der Waals surface area contributed by atoms with Crippen molar-refractivity contribution < 1.29 is 9.47 Å². The maximum Gasteiger partial charge on any atom is 0.162 e. The Bertz CT molecular complexity index is 627. The molecule has 0 bridgehead atoms. The van der Waals surface area contributed by atoms with Crippen LogP contribution in [-0.2, 0) is 20.1 Å². The molecular formula is C15H19N3O2S. The molecule has 2 heterocycles. The van der Waals surface area contributed by atoms with Gasteiger partial charge in [-0.2, -0.15) is 5.10 Å². The van der Waals surface area contributed by atoms with E-state index in [2.05, 4.69) is 28.8 Å². The average Bonchev–Trinajstić information content (AvgIpc) is 2.92. The molecule has 0 unspecified atom stereocenters. The minimum Gasteiger partial charge on any atom is -0.486 e. The third kappa shape index (κ3) is 3.33. The second-order valence-electron chi connectivity index (χ2n) is 4.93. The summed E-state index contributed by atoms with van der Waals surface area (Å²) in [6, 6.07) is 4.15. The predicted octanol–water partition coefficient (Wildman–Crippen LogP) is 2.20. The highest BCUT2D eigenvalue weighted by Gasteiger charge is 2.15. The SMILES string of the molecule is CSc1cc2c(cc1CNCc1cnn(C)c1)OCCO2. The van der Waals surface area contributed by atoms with Gasteiger partial charge in [-0.25, -0.2) is 0 Å². The van der Waals surface area contributed by atoms with Crippen molar-refractivity contribution in [3.8, 4) is 11.5 Å². The highest BCUT2D eigenvalue weighted by atomic mass is 32.2. The van der Waals surface area contributed by atoms with Gasteiger partial charge in [-0.15, -0.1) is 11.8 Å². The van der Waals surface area contributed by atoms with E-state index in [4.69, 9.17) is 9.47 Å². The maximum atomic E-state index is 5.66. The molecule has 0 spiro atoms. The zero-order chi connectivity index (χ0) is 14.7. The minimum absolute atomic E-state index is 0.619. The number of nitrogens with one attached hydrogen (secondary N) is 1. The number of aryl methyl sites for hydroxylation is 1. The molecule has 2 aromatic rings. The van der Waals surface area contributed by atoms with Crippen LogP contribution in [0.25, 0.3) is 0 Å². The van der Waals surface area contributed by atoms with E-state index in [9.17, 15) is 0 Å². The summed E-state index contributed by atoms with van der Waals surface area (Å²) in [5.74, 6) is 1.69. The van der Waals surface area contributed by atoms with E-state index >= 15 is 0 Å². The van der Waals surface area contributed by atoms with Crippen LogP contribution in [0.3, 0.4) is 0 Å². The fourth-order valence-corrected chi connectivity index (χ4v) is 2.96. The smallest absolute Gasteiger partial charge is 0.162 e. The molecule has 0 fully saturated rings. The minimum atomic E-state index is 0.619. The van der Waals surface area contributed by atoms with Crippen molar-refractivity contribution in [3.63, 3.8) is 0 Å². The molecule has 0 aliphatic carbocycles. The number of thioether (sulfide) groups is 1. The molecule has 0 saturated carbocycles. The number of ether oxygens (including phenoxy) is 2. The standard InChI is InChI=1S/C15H19N3O2S/c1-18-10-11(8-17-18)7-16-9-12-5-13-14(6-15(12)21-2)20-4-3-19-13/h5-6,8,10,16H,3-4,7,9H2,1-2H3. The molecule has 3 rings (SSSR count). The van der Waals surface area contributed by atoms with E-state index in [1.165, 1.54) is 16.0 Å². The van der Waals surface area contributed by atoms with Gasteiger partial charge in [-0.1, -0.05) is 0 Å². The van der Waals surface area contributed by atoms with Gasteiger partial charge in [0.15, 0.2) is 11.5 Å². The lowest BCUT2D eigenvalue weighted by molar-refractivity contribution is 0.171. The molecular weight excluding hydrogens is 286 g/mol. The van der Waals surface area contributed by atoms with Crippen LogP contribution in [0.15, 0.2) is 29.4 Å². The quantitative estimate of drug-likeness (QED) is 0.858. The van der Waals surface area contributed by atoms with Crippen LogP contribution in [-0.4, -0.2) is 29.3 Å². The van der Waals surface area contributed by atoms with E-state index in [0.717, 1.165) is 24.6 Å². The van der Waals surface area contributed by atoms with Gasteiger partial charge in [0.1, 0.15) is 13.2 Å². The van der Waals surface area contributed by atoms with Crippen LogP contribution in [0.1, 0.15) is 11.1 Å². The van der Waals surface area contributed by atoms with E-state index < -0.39 is 0 Å². The summed E-state index contributed by atoms with van der Waals surface area (Å²) in [4.78, 5) is 1.22. The molecule has 1 aliphatic rings. The van der Waals surface area contributed by atoms with Crippen LogP contribution in [0.5, 0.6) is 11.5 Å². The van der Waals surface area contributed by atoms with Crippen molar-refractivity contribution >= 4 is 11.8 Å². The third-order valence-electron chi connectivity index (χ3n) is 3.35. The first-order valence-corrected chi connectivity index (χ1v) is 8.13. The predicted molar refractivity (Wildman–Crippen MR) is 83.0 cm³/mol. The Kier molecular flexibility index (Phi) is 4.36. The van der Waals surface area contributed by atoms with Crippen LogP contribution >= 0.6 is 11.8 Å². The van der Waals surface area contributed by atoms with Gasteiger partial charge in [0.2, 0.25) is 0 Å². The molecule has 0 saturated heterocycles. The van der Waals surface area contributed by atoms with Crippen molar-refractivity contribution in [1.29, 1.82) is 0 Å². The lowest BCUT2D eigenvalue weighted by Crippen LogP contribution is -2.17. The molecule has 112 valence electrons. The second-order valence-corrected chi connectivity index (χ2v) is 5.78. The van der Waals surface area contributed by atoms with E-state index in [0.29, 0.717) is 13.2 Å². The summed E-state index contributed by atoms with van der Waals surface area (Å²) in [6.07, 6.45) is 5.98. The first kappa shape index (κ1) is 14.3. The maximum absolute atomic E-state index is 5.66. The fraction of sp³-hybridized carbons (Fsp3) is 0.400. The average molecular weight is 305 g/mol. The molecule has 1 N–H and O–H groups in total. The monoisotopic (exact) mass is 305 g/mol. The highest BCUT2D eigenvalue weighted by molar-refractivity contribution is 7.98. The van der Waals surface area contributed by atoms with Crippen molar-refractivity contribution in [3.05, 3.63) is 35.7 Å². The molecule has 1 aromatic carbocycles.